The molecular weight excluding hydrogens is 358 g/mol. The lowest BCUT2D eigenvalue weighted by Crippen LogP contribution is -2.32. The van der Waals surface area contributed by atoms with E-state index in [1.807, 2.05) is 30.0 Å². The zero-order chi connectivity index (χ0) is 18.6. The topological polar surface area (TPSA) is 38.8 Å². The van der Waals surface area contributed by atoms with Crippen LogP contribution in [0.3, 0.4) is 0 Å². The van der Waals surface area contributed by atoms with E-state index < -0.39 is 0 Å². The van der Waals surface area contributed by atoms with E-state index >= 15 is 0 Å². The third kappa shape index (κ3) is 3.89. The summed E-state index contributed by atoms with van der Waals surface area (Å²) < 4.78 is 11.0. The lowest BCUT2D eigenvalue weighted by molar-refractivity contribution is 0.0600. The van der Waals surface area contributed by atoms with Gasteiger partial charge in [-0.3, -0.25) is 4.90 Å². The maximum atomic E-state index is 12.0. The Bertz CT molecular complexity index is 872. The molecule has 4 rings (SSSR count). The van der Waals surface area contributed by atoms with Gasteiger partial charge in [0.05, 0.1) is 12.7 Å². The number of benzene rings is 2. The molecule has 140 valence electrons. The molecule has 0 aromatic heterocycles. The highest BCUT2D eigenvalue weighted by molar-refractivity contribution is 7.99. The fourth-order valence-electron chi connectivity index (χ4n) is 3.54. The zero-order valence-corrected chi connectivity index (χ0v) is 16.3. The SMILES string of the molecule is COC(=O)c1ccc2c(c1)/C(=C\CN1CCSCC1)c1ccccc1CO2. The van der Waals surface area contributed by atoms with E-state index in [2.05, 4.69) is 29.2 Å². The number of hydrogen-bond acceptors (Lipinski definition) is 5. The molecule has 0 bridgehead atoms. The van der Waals surface area contributed by atoms with Crippen LogP contribution in [0.1, 0.15) is 27.0 Å². The van der Waals surface area contributed by atoms with Crippen molar-refractivity contribution in [3.8, 4) is 5.75 Å². The minimum absolute atomic E-state index is 0.331. The summed E-state index contributed by atoms with van der Waals surface area (Å²) in [5.41, 5.74) is 4.95. The number of nitrogens with zero attached hydrogens (tertiary/aromatic N) is 1. The van der Waals surface area contributed by atoms with Crippen LogP contribution in [0.4, 0.5) is 0 Å². The van der Waals surface area contributed by atoms with Gasteiger partial charge in [0.2, 0.25) is 0 Å². The first-order valence-corrected chi connectivity index (χ1v) is 10.4. The monoisotopic (exact) mass is 381 g/mol. The van der Waals surface area contributed by atoms with Crippen molar-refractivity contribution in [1.29, 1.82) is 0 Å². The molecule has 0 unspecified atom stereocenters. The van der Waals surface area contributed by atoms with E-state index in [1.54, 1.807) is 6.07 Å². The highest BCUT2D eigenvalue weighted by Gasteiger charge is 2.21. The highest BCUT2D eigenvalue weighted by atomic mass is 32.2. The van der Waals surface area contributed by atoms with Gasteiger partial charge in [0.1, 0.15) is 12.4 Å². The second-order valence-corrected chi connectivity index (χ2v) is 7.90. The summed E-state index contributed by atoms with van der Waals surface area (Å²) in [5, 5.41) is 0. The molecule has 2 heterocycles. The number of thioether (sulfide) groups is 1. The van der Waals surface area contributed by atoms with Gasteiger partial charge in [-0.15, -0.1) is 0 Å². The van der Waals surface area contributed by atoms with Gasteiger partial charge in [0.25, 0.3) is 0 Å². The molecule has 0 atom stereocenters. The third-order valence-electron chi connectivity index (χ3n) is 5.04. The molecule has 0 radical (unpaired) electrons. The lowest BCUT2D eigenvalue weighted by atomic mass is 9.93. The molecule has 5 heteroatoms. The Labute approximate surface area is 164 Å². The van der Waals surface area contributed by atoms with Crippen LogP contribution in [0.15, 0.2) is 48.5 Å². The van der Waals surface area contributed by atoms with E-state index in [4.69, 9.17) is 9.47 Å². The molecule has 1 saturated heterocycles. The van der Waals surface area contributed by atoms with E-state index in [0.717, 1.165) is 42.1 Å². The standard InChI is InChI=1S/C22H23NO3S/c1-25-22(24)16-6-7-21-20(14-16)19(8-9-23-10-12-27-13-11-23)18-5-3-2-4-17(18)15-26-21/h2-8,14H,9-13,15H2,1H3/b19-8-. The van der Waals surface area contributed by atoms with Crippen LogP contribution in [0.25, 0.3) is 5.57 Å². The number of carbonyl (C=O) groups excluding carboxylic acids is 1. The maximum Gasteiger partial charge on any atom is 0.337 e. The van der Waals surface area contributed by atoms with Gasteiger partial charge >= 0.3 is 5.97 Å². The van der Waals surface area contributed by atoms with Crippen molar-refractivity contribution in [1.82, 2.24) is 4.90 Å². The Hall–Kier alpha value is -2.24. The summed E-state index contributed by atoms with van der Waals surface area (Å²) in [5.74, 6) is 2.85. The Balaban J connectivity index is 1.78. The molecule has 2 aliphatic rings. The molecule has 1 fully saturated rings. The van der Waals surface area contributed by atoms with Crippen LogP contribution in [-0.4, -0.2) is 49.1 Å². The lowest BCUT2D eigenvalue weighted by Gasteiger charge is -2.25. The van der Waals surface area contributed by atoms with Gasteiger partial charge in [-0.05, 0) is 34.9 Å². The average molecular weight is 381 g/mol. The molecular formula is C22H23NO3S. The molecule has 0 amide bonds. The quantitative estimate of drug-likeness (QED) is 0.755. The summed E-state index contributed by atoms with van der Waals surface area (Å²) in [6.07, 6.45) is 2.28. The van der Waals surface area contributed by atoms with Crippen molar-refractivity contribution < 1.29 is 14.3 Å². The van der Waals surface area contributed by atoms with Crippen molar-refractivity contribution in [2.45, 2.75) is 6.61 Å². The van der Waals surface area contributed by atoms with Crippen molar-refractivity contribution in [3.63, 3.8) is 0 Å². The number of carbonyl (C=O) groups is 1. The van der Waals surface area contributed by atoms with Crippen LogP contribution in [0, 0.1) is 0 Å². The minimum Gasteiger partial charge on any atom is -0.488 e. The van der Waals surface area contributed by atoms with Crippen LogP contribution in [0.5, 0.6) is 5.75 Å². The van der Waals surface area contributed by atoms with E-state index in [-0.39, 0.29) is 5.97 Å². The minimum atomic E-state index is -0.331. The molecule has 0 saturated carbocycles. The van der Waals surface area contributed by atoms with Crippen molar-refractivity contribution in [2.24, 2.45) is 0 Å². The number of rotatable bonds is 3. The predicted molar refractivity (Wildman–Crippen MR) is 109 cm³/mol. The maximum absolute atomic E-state index is 12.0. The van der Waals surface area contributed by atoms with Crippen LogP contribution < -0.4 is 4.74 Å². The van der Waals surface area contributed by atoms with E-state index in [0.29, 0.717) is 12.2 Å². The fraction of sp³-hybridized carbons (Fsp3) is 0.318. The summed E-state index contributed by atoms with van der Waals surface area (Å²) >= 11 is 2.01. The molecule has 0 spiro atoms. The number of esters is 1. The number of ether oxygens (including phenoxy) is 2. The first kappa shape index (κ1) is 18.1. The Morgan fingerprint density at radius 3 is 2.81 bits per heavy atom. The first-order valence-electron chi connectivity index (χ1n) is 9.20. The summed E-state index contributed by atoms with van der Waals surface area (Å²) in [6, 6.07) is 13.9. The number of hydrogen-bond donors (Lipinski definition) is 0. The second kappa shape index (κ2) is 8.19. The molecule has 0 N–H and O–H groups in total. The van der Waals surface area contributed by atoms with Gasteiger partial charge in [0.15, 0.2) is 0 Å². The van der Waals surface area contributed by atoms with Crippen molar-refractivity contribution in [3.05, 3.63) is 70.8 Å². The second-order valence-electron chi connectivity index (χ2n) is 6.68. The summed E-state index contributed by atoms with van der Waals surface area (Å²) in [4.78, 5) is 14.5. The largest absolute Gasteiger partial charge is 0.488 e. The summed E-state index contributed by atoms with van der Waals surface area (Å²) in [6.45, 7) is 3.65. The zero-order valence-electron chi connectivity index (χ0n) is 15.4. The Kier molecular flexibility index (Phi) is 5.50. The number of methoxy groups -OCH3 is 1. The molecule has 27 heavy (non-hydrogen) atoms. The molecule has 0 aliphatic carbocycles. The molecule has 2 aromatic rings. The average Bonchev–Trinajstić information content (AvgIpc) is 2.88. The third-order valence-corrected chi connectivity index (χ3v) is 5.98. The number of fused-ring (bicyclic) bond motifs is 2. The van der Waals surface area contributed by atoms with Gasteiger partial charge < -0.3 is 9.47 Å². The van der Waals surface area contributed by atoms with Crippen molar-refractivity contribution >= 4 is 23.3 Å². The van der Waals surface area contributed by atoms with Gasteiger partial charge in [-0.25, -0.2) is 4.79 Å². The predicted octanol–water partition coefficient (Wildman–Crippen LogP) is 3.85. The smallest absolute Gasteiger partial charge is 0.337 e. The van der Waals surface area contributed by atoms with Gasteiger partial charge in [-0.2, -0.15) is 11.8 Å². The molecule has 2 aromatic carbocycles. The van der Waals surface area contributed by atoms with Gasteiger partial charge in [0, 0.05) is 36.7 Å². The Morgan fingerprint density at radius 2 is 2.00 bits per heavy atom. The van der Waals surface area contributed by atoms with Gasteiger partial charge in [-0.1, -0.05) is 30.3 Å². The van der Waals surface area contributed by atoms with E-state index in [9.17, 15) is 4.79 Å². The highest BCUT2D eigenvalue weighted by Crippen LogP contribution is 2.37. The fourth-order valence-corrected chi connectivity index (χ4v) is 4.52. The van der Waals surface area contributed by atoms with Crippen LogP contribution in [-0.2, 0) is 11.3 Å². The van der Waals surface area contributed by atoms with Crippen molar-refractivity contribution in [2.75, 3.05) is 38.2 Å². The normalized spacial score (nSPS) is 18.2. The molecule has 2 aliphatic heterocycles. The van der Waals surface area contributed by atoms with Crippen LogP contribution in [0.2, 0.25) is 0 Å². The first-order chi connectivity index (χ1) is 13.3. The van der Waals surface area contributed by atoms with Crippen LogP contribution >= 0.6 is 11.8 Å². The molecule has 4 nitrogen and oxygen atoms in total. The Morgan fingerprint density at radius 1 is 1.19 bits per heavy atom. The van der Waals surface area contributed by atoms with E-state index in [1.165, 1.54) is 24.2 Å². The summed E-state index contributed by atoms with van der Waals surface area (Å²) in [7, 11) is 1.41.